The molecular formula is C26H24N2O4. The van der Waals surface area contributed by atoms with E-state index in [1.807, 2.05) is 73.7 Å². The fourth-order valence-corrected chi connectivity index (χ4v) is 3.24. The Kier molecular flexibility index (Phi) is 6.51. The van der Waals surface area contributed by atoms with Crippen molar-refractivity contribution in [2.75, 3.05) is 7.11 Å². The molecule has 32 heavy (non-hydrogen) atoms. The molecule has 0 saturated carbocycles. The van der Waals surface area contributed by atoms with E-state index in [0.717, 1.165) is 28.3 Å². The maximum Gasteiger partial charge on any atom is 0.251 e. The lowest BCUT2D eigenvalue weighted by molar-refractivity contribution is 0.0950. The molecule has 1 N–H and O–H groups in total. The number of oxazole rings is 1. The molecule has 4 aromatic rings. The largest absolute Gasteiger partial charge is 0.496 e. The van der Waals surface area contributed by atoms with Crippen LogP contribution >= 0.6 is 0 Å². The van der Waals surface area contributed by atoms with Crippen LogP contribution in [0.2, 0.25) is 0 Å². The number of methoxy groups -OCH3 is 1. The number of para-hydroxylation sites is 2. The average molecular weight is 428 g/mol. The number of carbonyl (C=O) groups is 1. The van der Waals surface area contributed by atoms with Crippen molar-refractivity contribution in [2.45, 2.75) is 20.1 Å². The Balaban J connectivity index is 1.39. The molecule has 0 atom stereocenters. The van der Waals surface area contributed by atoms with E-state index in [-0.39, 0.29) is 5.91 Å². The summed E-state index contributed by atoms with van der Waals surface area (Å²) >= 11 is 0. The maximum absolute atomic E-state index is 12.5. The van der Waals surface area contributed by atoms with Gasteiger partial charge in [-0.05, 0) is 49.4 Å². The minimum absolute atomic E-state index is 0.164. The number of hydrogen-bond acceptors (Lipinski definition) is 5. The van der Waals surface area contributed by atoms with Gasteiger partial charge < -0.3 is 19.2 Å². The number of hydrogen-bond donors (Lipinski definition) is 1. The second kappa shape index (κ2) is 9.83. The number of benzene rings is 3. The summed E-state index contributed by atoms with van der Waals surface area (Å²) < 4.78 is 16.9. The Morgan fingerprint density at radius 3 is 2.44 bits per heavy atom. The fraction of sp³-hybridized carbons (Fsp3) is 0.154. The predicted octanol–water partition coefficient (Wildman–Crippen LogP) is 5.17. The molecule has 0 spiro atoms. The van der Waals surface area contributed by atoms with E-state index in [2.05, 4.69) is 10.3 Å². The third kappa shape index (κ3) is 4.98. The van der Waals surface area contributed by atoms with Crippen molar-refractivity contribution in [3.05, 3.63) is 101 Å². The van der Waals surface area contributed by atoms with Crippen LogP contribution in [0.4, 0.5) is 0 Å². The van der Waals surface area contributed by atoms with Gasteiger partial charge in [0.25, 0.3) is 5.91 Å². The number of ether oxygens (including phenoxy) is 2. The van der Waals surface area contributed by atoms with Crippen LogP contribution in [0.3, 0.4) is 0 Å². The van der Waals surface area contributed by atoms with Crippen LogP contribution in [0.25, 0.3) is 11.5 Å². The predicted molar refractivity (Wildman–Crippen MR) is 122 cm³/mol. The molecule has 1 heterocycles. The van der Waals surface area contributed by atoms with Crippen molar-refractivity contribution in [3.63, 3.8) is 0 Å². The van der Waals surface area contributed by atoms with Crippen molar-refractivity contribution in [1.82, 2.24) is 10.3 Å². The molecule has 6 heteroatoms. The summed E-state index contributed by atoms with van der Waals surface area (Å²) in [7, 11) is 1.61. The highest BCUT2D eigenvalue weighted by atomic mass is 16.5. The Morgan fingerprint density at radius 2 is 1.69 bits per heavy atom. The molecule has 0 radical (unpaired) electrons. The first-order valence-corrected chi connectivity index (χ1v) is 10.3. The van der Waals surface area contributed by atoms with Gasteiger partial charge in [0.15, 0.2) is 0 Å². The minimum Gasteiger partial charge on any atom is -0.496 e. The first-order chi connectivity index (χ1) is 15.6. The number of amides is 1. The lowest BCUT2D eigenvalue weighted by Gasteiger charge is -2.09. The van der Waals surface area contributed by atoms with E-state index in [1.165, 1.54) is 0 Å². The van der Waals surface area contributed by atoms with Gasteiger partial charge in [0.05, 0.1) is 7.11 Å². The van der Waals surface area contributed by atoms with Crippen molar-refractivity contribution in [2.24, 2.45) is 0 Å². The lowest BCUT2D eigenvalue weighted by atomic mass is 10.1. The van der Waals surface area contributed by atoms with Crippen LogP contribution in [0.5, 0.6) is 11.5 Å². The van der Waals surface area contributed by atoms with Gasteiger partial charge in [-0.15, -0.1) is 0 Å². The number of aryl methyl sites for hydroxylation is 1. The van der Waals surface area contributed by atoms with E-state index in [0.29, 0.717) is 30.4 Å². The normalized spacial score (nSPS) is 10.6. The molecule has 0 saturated heterocycles. The van der Waals surface area contributed by atoms with Crippen LogP contribution in [-0.4, -0.2) is 18.0 Å². The zero-order valence-electron chi connectivity index (χ0n) is 18.0. The van der Waals surface area contributed by atoms with E-state index >= 15 is 0 Å². The maximum atomic E-state index is 12.5. The molecule has 1 aromatic heterocycles. The first kappa shape index (κ1) is 21.2. The van der Waals surface area contributed by atoms with Crippen LogP contribution in [0, 0.1) is 6.92 Å². The summed E-state index contributed by atoms with van der Waals surface area (Å²) in [6.07, 6.45) is 0. The molecule has 3 aromatic carbocycles. The average Bonchev–Trinajstić information content (AvgIpc) is 3.22. The highest BCUT2D eigenvalue weighted by Gasteiger charge is 2.13. The zero-order chi connectivity index (χ0) is 22.3. The smallest absolute Gasteiger partial charge is 0.251 e. The Morgan fingerprint density at radius 1 is 0.969 bits per heavy atom. The fourth-order valence-electron chi connectivity index (χ4n) is 3.24. The van der Waals surface area contributed by atoms with Gasteiger partial charge in [0.2, 0.25) is 5.89 Å². The van der Waals surface area contributed by atoms with Crippen LogP contribution in [0.15, 0.2) is 83.3 Å². The van der Waals surface area contributed by atoms with E-state index in [9.17, 15) is 4.79 Å². The molecule has 0 aliphatic carbocycles. The molecule has 0 aliphatic heterocycles. The van der Waals surface area contributed by atoms with Gasteiger partial charge in [-0.2, -0.15) is 0 Å². The monoisotopic (exact) mass is 428 g/mol. The molecular weight excluding hydrogens is 404 g/mol. The SMILES string of the molecule is COc1ccccc1CNC(=O)c1ccc(-c2nc(COc3ccccc3)c(C)o2)cc1. The molecule has 1 amide bonds. The quantitative estimate of drug-likeness (QED) is 0.419. The topological polar surface area (TPSA) is 73.6 Å². The zero-order valence-corrected chi connectivity index (χ0v) is 18.0. The van der Waals surface area contributed by atoms with E-state index in [1.54, 1.807) is 19.2 Å². The molecule has 162 valence electrons. The molecule has 6 nitrogen and oxygen atoms in total. The molecule has 4 rings (SSSR count). The van der Waals surface area contributed by atoms with E-state index < -0.39 is 0 Å². The number of carbonyl (C=O) groups excluding carboxylic acids is 1. The minimum atomic E-state index is -0.164. The molecule has 0 fully saturated rings. The standard InChI is InChI=1S/C26H24N2O4/c1-18-23(17-31-22-9-4-3-5-10-22)28-26(32-18)20-14-12-19(13-15-20)25(29)27-16-21-8-6-7-11-24(21)30-2/h3-15H,16-17H2,1-2H3,(H,27,29). The lowest BCUT2D eigenvalue weighted by Crippen LogP contribution is -2.22. The van der Waals surface area contributed by atoms with Gasteiger partial charge in [0.1, 0.15) is 29.6 Å². The molecule has 0 aliphatic rings. The summed E-state index contributed by atoms with van der Waals surface area (Å²) in [5.41, 5.74) is 3.00. The first-order valence-electron chi connectivity index (χ1n) is 10.3. The van der Waals surface area contributed by atoms with Gasteiger partial charge in [-0.3, -0.25) is 4.79 Å². The summed E-state index contributed by atoms with van der Waals surface area (Å²) in [6, 6.07) is 24.3. The van der Waals surface area contributed by atoms with Crippen LogP contribution < -0.4 is 14.8 Å². The van der Waals surface area contributed by atoms with Crippen molar-refractivity contribution >= 4 is 5.91 Å². The summed E-state index contributed by atoms with van der Waals surface area (Å²) in [5, 5.41) is 2.92. The number of aromatic nitrogens is 1. The van der Waals surface area contributed by atoms with Gasteiger partial charge in [-0.25, -0.2) is 4.98 Å². The third-order valence-corrected chi connectivity index (χ3v) is 5.04. The second-order valence-electron chi connectivity index (χ2n) is 7.20. The van der Waals surface area contributed by atoms with Crippen molar-refractivity contribution in [1.29, 1.82) is 0 Å². The molecule has 0 bridgehead atoms. The number of nitrogens with zero attached hydrogens (tertiary/aromatic N) is 1. The summed E-state index contributed by atoms with van der Waals surface area (Å²) in [5.74, 6) is 2.56. The summed E-state index contributed by atoms with van der Waals surface area (Å²) in [6.45, 7) is 2.57. The highest BCUT2D eigenvalue weighted by molar-refractivity contribution is 5.94. The Hall–Kier alpha value is -4.06. The van der Waals surface area contributed by atoms with Crippen molar-refractivity contribution in [3.8, 4) is 23.0 Å². The van der Waals surface area contributed by atoms with Gasteiger partial charge >= 0.3 is 0 Å². The van der Waals surface area contributed by atoms with E-state index in [4.69, 9.17) is 13.9 Å². The highest BCUT2D eigenvalue weighted by Crippen LogP contribution is 2.23. The third-order valence-electron chi connectivity index (χ3n) is 5.04. The Bertz CT molecular complexity index is 1180. The van der Waals surface area contributed by atoms with Crippen molar-refractivity contribution < 1.29 is 18.7 Å². The number of rotatable bonds is 8. The van der Waals surface area contributed by atoms with Gasteiger partial charge in [-0.1, -0.05) is 36.4 Å². The van der Waals surface area contributed by atoms with Gasteiger partial charge in [0, 0.05) is 23.2 Å². The Labute approximate surface area is 186 Å². The summed E-state index contributed by atoms with van der Waals surface area (Å²) in [4.78, 5) is 17.1. The van der Waals surface area contributed by atoms with Crippen LogP contribution in [0.1, 0.15) is 27.4 Å². The molecule has 0 unspecified atom stereocenters. The van der Waals surface area contributed by atoms with Crippen LogP contribution in [-0.2, 0) is 13.2 Å². The number of nitrogens with one attached hydrogen (secondary N) is 1. The second-order valence-corrected chi connectivity index (χ2v) is 7.20.